The smallest absolute Gasteiger partial charge is 0.242 e. The van der Waals surface area contributed by atoms with Crippen LogP contribution in [0, 0.1) is 0 Å². The van der Waals surface area contributed by atoms with Gasteiger partial charge in [-0.25, -0.2) is 13.1 Å². The summed E-state index contributed by atoms with van der Waals surface area (Å²) in [5, 5.41) is 2.68. The van der Waals surface area contributed by atoms with Gasteiger partial charge in [0.05, 0.1) is 5.69 Å². The van der Waals surface area contributed by atoms with Gasteiger partial charge in [0.15, 0.2) is 5.11 Å². The fourth-order valence-electron chi connectivity index (χ4n) is 1.25. The van der Waals surface area contributed by atoms with Crippen molar-refractivity contribution in [3.8, 4) is 0 Å². The van der Waals surface area contributed by atoms with Crippen molar-refractivity contribution in [2.24, 2.45) is 5.73 Å². The van der Waals surface area contributed by atoms with Crippen LogP contribution in [0.2, 0.25) is 0 Å². The lowest BCUT2D eigenvalue weighted by molar-refractivity contribution is 0.581. The monoisotopic (exact) mass is 273 g/mol. The highest BCUT2D eigenvalue weighted by molar-refractivity contribution is 7.89. The van der Waals surface area contributed by atoms with E-state index >= 15 is 0 Å². The Hall–Kier alpha value is -1.18. The van der Waals surface area contributed by atoms with E-state index in [1.165, 1.54) is 6.07 Å². The molecule has 0 unspecified atom stereocenters. The standard InChI is InChI=1S/C10H15N3O2S2/c1-2-7-12-17(14,15)9-6-4-3-5-8(9)13-10(11)16/h3-6,12H,2,7H2,1H3,(H3,11,13,16). The molecule has 4 N–H and O–H groups in total. The van der Waals surface area contributed by atoms with Crippen LogP contribution in [0.25, 0.3) is 0 Å². The lowest BCUT2D eigenvalue weighted by atomic mass is 10.3. The van der Waals surface area contributed by atoms with E-state index in [-0.39, 0.29) is 10.0 Å². The molecule has 1 aromatic rings. The van der Waals surface area contributed by atoms with E-state index in [9.17, 15) is 8.42 Å². The normalized spacial score (nSPS) is 11.1. The third-order valence-electron chi connectivity index (χ3n) is 1.98. The summed E-state index contributed by atoms with van der Waals surface area (Å²) < 4.78 is 26.4. The van der Waals surface area contributed by atoms with Crippen LogP contribution < -0.4 is 15.8 Å². The van der Waals surface area contributed by atoms with Gasteiger partial charge in [-0.2, -0.15) is 0 Å². The molecular weight excluding hydrogens is 258 g/mol. The fourth-order valence-corrected chi connectivity index (χ4v) is 2.66. The van der Waals surface area contributed by atoms with Crippen LogP contribution in [-0.4, -0.2) is 20.1 Å². The van der Waals surface area contributed by atoms with Crippen LogP contribution in [0.4, 0.5) is 5.69 Å². The van der Waals surface area contributed by atoms with Crippen LogP contribution >= 0.6 is 12.2 Å². The summed E-state index contributed by atoms with van der Waals surface area (Å²) in [6.45, 7) is 2.28. The zero-order valence-electron chi connectivity index (χ0n) is 9.43. The van der Waals surface area contributed by atoms with Gasteiger partial charge in [-0.15, -0.1) is 0 Å². The van der Waals surface area contributed by atoms with Crippen molar-refractivity contribution in [2.45, 2.75) is 18.2 Å². The molecule has 0 radical (unpaired) electrons. The highest BCUT2D eigenvalue weighted by Crippen LogP contribution is 2.20. The topological polar surface area (TPSA) is 84.2 Å². The average molecular weight is 273 g/mol. The number of hydrogen-bond acceptors (Lipinski definition) is 3. The maximum Gasteiger partial charge on any atom is 0.242 e. The second-order valence-electron chi connectivity index (χ2n) is 3.38. The second-order valence-corrected chi connectivity index (χ2v) is 5.56. The molecule has 0 fully saturated rings. The number of anilines is 1. The van der Waals surface area contributed by atoms with Gasteiger partial charge < -0.3 is 11.1 Å². The van der Waals surface area contributed by atoms with Crippen LogP contribution in [0.15, 0.2) is 29.2 Å². The molecular formula is C10H15N3O2S2. The number of nitrogens with two attached hydrogens (primary N) is 1. The minimum atomic E-state index is -3.53. The lowest BCUT2D eigenvalue weighted by Crippen LogP contribution is -2.27. The number of hydrogen-bond donors (Lipinski definition) is 3. The maximum atomic E-state index is 12.0. The first kappa shape index (κ1) is 13.9. The minimum Gasteiger partial charge on any atom is -0.376 e. The molecule has 0 heterocycles. The van der Waals surface area contributed by atoms with Crippen LogP contribution in [0.1, 0.15) is 13.3 Å². The predicted molar refractivity (Wildman–Crippen MR) is 72.3 cm³/mol. The Bertz CT molecular complexity index is 500. The molecule has 0 aliphatic rings. The predicted octanol–water partition coefficient (Wildman–Crippen LogP) is 1.03. The van der Waals surface area contributed by atoms with Crippen molar-refractivity contribution >= 4 is 33.0 Å². The molecule has 7 heteroatoms. The summed E-state index contributed by atoms with van der Waals surface area (Å²) in [5.41, 5.74) is 5.72. The van der Waals surface area contributed by atoms with E-state index in [2.05, 4.69) is 10.0 Å². The van der Waals surface area contributed by atoms with Crippen molar-refractivity contribution in [1.29, 1.82) is 0 Å². The number of thiocarbonyl (C=S) groups is 1. The molecule has 5 nitrogen and oxygen atoms in total. The quantitative estimate of drug-likeness (QED) is 0.698. The molecule has 17 heavy (non-hydrogen) atoms. The molecule has 0 amide bonds. The maximum absolute atomic E-state index is 12.0. The first-order valence-corrected chi connectivity index (χ1v) is 7.01. The summed E-state index contributed by atoms with van der Waals surface area (Å²) in [4.78, 5) is 0.140. The average Bonchev–Trinajstić information content (AvgIpc) is 2.26. The van der Waals surface area contributed by atoms with Gasteiger partial charge in [0.1, 0.15) is 4.90 Å². The van der Waals surface area contributed by atoms with E-state index in [0.29, 0.717) is 12.2 Å². The van der Waals surface area contributed by atoms with Gasteiger partial charge in [-0.05, 0) is 30.8 Å². The Morgan fingerprint density at radius 1 is 1.41 bits per heavy atom. The molecule has 94 valence electrons. The summed E-state index contributed by atoms with van der Waals surface area (Å²) in [6, 6.07) is 6.46. The number of sulfonamides is 1. The summed E-state index contributed by atoms with van der Waals surface area (Å²) >= 11 is 4.70. The van der Waals surface area contributed by atoms with Crippen molar-refractivity contribution in [1.82, 2.24) is 4.72 Å². The molecule has 0 aromatic heterocycles. The SMILES string of the molecule is CCCNS(=O)(=O)c1ccccc1NC(N)=S. The molecule has 0 spiro atoms. The number of rotatable bonds is 5. The third kappa shape index (κ3) is 3.95. The Morgan fingerprint density at radius 3 is 2.65 bits per heavy atom. The molecule has 0 saturated heterocycles. The molecule has 0 atom stereocenters. The van der Waals surface area contributed by atoms with Crippen molar-refractivity contribution in [3.05, 3.63) is 24.3 Å². The largest absolute Gasteiger partial charge is 0.376 e. The van der Waals surface area contributed by atoms with Crippen molar-refractivity contribution in [3.63, 3.8) is 0 Å². The van der Waals surface area contributed by atoms with Gasteiger partial charge in [0, 0.05) is 6.54 Å². The summed E-state index contributed by atoms with van der Waals surface area (Å²) in [6.07, 6.45) is 0.726. The molecule has 0 aliphatic heterocycles. The van der Waals surface area contributed by atoms with Gasteiger partial charge in [-0.3, -0.25) is 0 Å². The third-order valence-corrected chi connectivity index (χ3v) is 3.60. The zero-order valence-corrected chi connectivity index (χ0v) is 11.1. The first-order chi connectivity index (χ1) is 7.97. The Morgan fingerprint density at radius 2 is 2.06 bits per heavy atom. The molecule has 0 saturated carbocycles. The number of benzene rings is 1. The molecule has 1 rings (SSSR count). The second kappa shape index (κ2) is 5.95. The highest BCUT2D eigenvalue weighted by atomic mass is 32.2. The van der Waals surface area contributed by atoms with E-state index in [1.807, 2.05) is 6.92 Å². The van der Waals surface area contributed by atoms with Gasteiger partial charge in [0.2, 0.25) is 10.0 Å². The van der Waals surface area contributed by atoms with Crippen molar-refractivity contribution in [2.75, 3.05) is 11.9 Å². The lowest BCUT2D eigenvalue weighted by Gasteiger charge is -2.11. The van der Waals surface area contributed by atoms with Crippen LogP contribution in [0.5, 0.6) is 0 Å². The summed E-state index contributed by atoms with van der Waals surface area (Å²) in [7, 11) is -3.53. The van der Waals surface area contributed by atoms with E-state index in [0.717, 1.165) is 6.42 Å². The highest BCUT2D eigenvalue weighted by Gasteiger charge is 2.17. The molecule has 0 aliphatic carbocycles. The Labute approximate surface area is 106 Å². The van der Waals surface area contributed by atoms with Crippen LogP contribution in [-0.2, 0) is 10.0 Å². The number of para-hydroxylation sites is 1. The summed E-state index contributed by atoms with van der Waals surface area (Å²) in [5.74, 6) is 0. The van der Waals surface area contributed by atoms with Crippen molar-refractivity contribution < 1.29 is 8.42 Å². The van der Waals surface area contributed by atoms with E-state index in [1.54, 1.807) is 18.2 Å². The number of nitrogens with one attached hydrogen (secondary N) is 2. The first-order valence-electron chi connectivity index (χ1n) is 5.12. The minimum absolute atomic E-state index is 0.0307. The van der Waals surface area contributed by atoms with Crippen LogP contribution in [0.3, 0.4) is 0 Å². The van der Waals surface area contributed by atoms with Gasteiger partial charge in [-0.1, -0.05) is 19.1 Å². The fraction of sp³-hybridized carbons (Fsp3) is 0.300. The van der Waals surface area contributed by atoms with E-state index < -0.39 is 10.0 Å². The Kier molecular flexibility index (Phi) is 4.86. The van der Waals surface area contributed by atoms with E-state index in [4.69, 9.17) is 18.0 Å². The van der Waals surface area contributed by atoms with Gasteiger partial charge in [0.25, 0.3) is 0 Å². The molecule has 0 bridgehead atoms. The van der Waals surface area contributed by atoms with Gasteiger partial charge >= 0.3 is 0 Å². The molecule has 1 aromatic carbocycles. The Balaban J connectivity index is 3.08. The zero-order chi connectivity index (χ0) is 12.9.